The molecule has 1 aromatic carbocycles. The highest BCUT2D eigenvalue weighted by atomic mass is 16.4. The topological polar surface area (TPSA) is 91.3 Å². The van der Waals surface area contributed by atoms with Crippen molar-refractivity contribution in [3.05, 3.63) is 65.5 Å². The predicted octanol–water partition coefficient (Wildman–Crippen LogP) is 2.71. The molecule has 0 saturated heterocycles. The van der Waals surface area contributed by atoms with Crippen LogP contribution in [0.1, 0.15) is 29.7 Å². The summed E-state index contributed by atoms with van der Waals surface area (Å²) >= 11 is 0. The summed E-state index contributed by atoms with van der Waals surface area (Å²) in [6, 6.07) is 13.1. The summed E-state index contributed by atoms with van der Waals surface area (Å²) in [5, 5.41) is 14.6. The Kier molecular flexibility index (Phi) is 7.61. The Bertz CT molecular complexity index is 702. The van der Waals surface area contributed by atoms with Crippen molar-refractivity contribution in [1.82, 2.24) is 15.6 Å². The second-order valence-corrected chi connectivity index (χ2v) is 6.30. The average Bonchev–Trinajstić information content (AvgIpc) is 2.62. The molecule has 2 rings (SSSR count). The van der Waals surface area contributed by atoms with Gasteiger partial charge in [0.1, 0.15) is 0 Å². The molecule has 6 nitrogen and oxygen atoms in total. The summed E-state index contributed by atoms with van der Waals surface area (Å²) in [7, 11) is 0. The number of pyridine rings is 1. The Hall–Kier alpha value is -2.89. The normalized spacial score (nSPS) is 11.6. The second-order valence-electron chi connectivity index (χ2n) is 6.30. The van der Waals surface area contributed by atoms with Crippen molar-refractivity contribution in [3.63, 3.8) is 0 Å². The quantitative estimate of drug-likeness (QED) is 0.645. The van der Waals surface area contributed by atoms with Gasteiger partial charge >= 0.3 is 12.0 Å². The third-order valence-corrected chi connectivity index (χ3v) is 4.01. The number of hydrogen-bond acceptors (Lipinski definition) is 3. The largest absolute Gasteiger partial charge is 0.481 e. The van der Waals surface area contributed by atoms with E-state index in [1.165, 1.54) is 0 Å². The molecule has 1 unspecified atom stereocenters. The lowest BCUT2D eigenvalue weighted by Gasteiger charge is -2.18. The highest BCUT2D eigenvalue weighted by molar-refractivity contribution is 5.74. The molecule has 1 heterocycles. The zero-order valence-corrected chi connectivity index (χ0v) is 14.9. The molecule has 0 aliphatic rings. The van der Waals surface area contributed by atoms with Gasteiger partial charge in [-0.15, -0.1) is 0 Å². The molecule has 26 heavy (non-hydrogen) atoms. The maximum Gasteiger partial charge on any atom is 0.315 e. The van der Waals surface area contributed by atoms with Gasteiger partial charge in [-0.25, -0.2) is 4.79 Å². The summed E-state index contributed by atoms with van der Waals surface area (Å²) in [6.07, 6.45) is 3.45. The Morgan fingerprint density at radius 3 is 2.58 bits per heavy atom. The fourth-order valence-electron chi connectivity index (χ4n) is 2.61. The van der Waals surface area contributed by atoms with E-state index < -0.39 is 5.97 Å². The first-order chi connectivity index (χ1) is 12.5. The molecule has 3 N–H and O–H groups in total. The van der Waals surface area contributed by atoms with Crippen LogP contribution >= 0.6 is 0 Å². The molecule has 138 valence electrons. The molecule has 1 aromatic heterocycles. The van der Waals surface area contributed by atoms with E-state index in [2.05, 4.69) is 15.6 Å². The number of carbonyl (C=O) groups excluding carboxylic acids is 1. The molecule has 0 spiro atoms. The lowest BCUT2D eigenvalue weighted by molar-refractivity contribution is -0.137. The zero-order valence-electron chi connectivity index (χ0n) is 14.9. The maximum absolute atomic E-state index is 12.1. The number of nitrogens with one attached hydrogen (secondary N) is 2. The van der Waals surface area contributed by atoms with Crippen LogP contribution in [-0.4, -0.2) is 34.7 Å². The first kappa shape index (κ1) is 19.4. The SMILES string of the molecule is Cc1ccc(CCNC(=O)NC(CCC(=O)O)Cc2ccccc2)nc1. The lowest BCUT2D eigenvalue weighted by atomic mass is 10.0. The van der Waals surface area contributed by atoms with Crippen molar-refractivity contribution in [1.29, 1.82) is 0 Å². The Labute approximate surface area is 153 Å². The van der Waals surface area contributed by atoms with Crippen LogP contribution in [0.25, 0.3) is 0 Å². The number of amides is 2. The van der Waals surface area contributed by atoms with E-state index in [1.807, 2.05) is 49.4 Å². The number of aliphatic carboxylic acids is 1. The standard InChI is InChI=1S/C20H25N3O3/c1-15-7-8-17(22-14-15)11-12-21-20(26)23-18(9-10-19(24)25)13-16-5-3-2-4-6-16/h2-8,14,18H,9-13H2,1H3,(H,24,25)(H2,21,23,26). The van der Waals surface area contributed by atoms with Gasteiger partial charge in [-0.2, -0.15) is 0 Å². The van der Waals surface area contributed by atoms with Crippen molar-refractivity contribution >= 4 is 12.0 Å². The van der Waals surface area contributed by atoms with Gasteiger partial charge in [0.2, 0.25) is 0 Å². The number of carbonyl (C=O) groups is 2. The van der Waals surface area contributed by atoms with Gasteiger partial charge in [0, 0.05) is 37.3 Å². The van der Waals surface area contributed by atoms with Gasteiger partial charge in [-0.3, -0.25) is 9.78 Å². The van der Waals surface area contributed by atoms with E-state index in [0.717, 1.165) is 16.8 Å². The number of aromatic nitrogens is 1. The third kappa shape index (κ3) is 7.34. The highest BCUT2D eigenvalue weighted by Crippen LogP contribution is 2.08. The van der Waals surface area contributed by atoms with E-state index in [-0.39, 0.29) is 18.5 Å². The van der Waals surface area contributed by atoms with Crippen LogP contribution in [0, 0.1) is 6.92 Å². The fraction of sp³-hybridized carbons (Fsp3) is 0.350. The smallest absolute Gasteiger partial charge is 0.315 e. The Morgan fingerprint density at radius 1 is 1.15 bits per heavy atom. The number of carboxylic acids is 1. The first-order valence-electron chi connectivity index (χ1n) is 8.74. The van der Waals surface area contributed by atoms with Crippen LogP contribution < -0.4 is 10.6 Å². The molecule has 0 bridgehead atoms. The van der Waals surface area contributed by atoms with Gasteiger partial charge in [-0.05, 0) is 37.0 Å². The second kappa shape index (κ2) is 10.2. The molecule has 2 amide bonds. The fourth-order valence-corrected chi connectivity index (χ4v) is 2.61. The third-order valence-electron chi connectivity index (χ3n) is 4.01. The van der Waals surface area contributed by atoms with E-state index in [4.69, 9.17) is 5.11 Å². The monoisotopic (exact) mass is 355 g/mol. The maximum atomic E-state index is 12.1. The number of carboxylic acid groups (broad SMARTS) is 1. The molecule has 2 aromatic rings. The molecule has 0 aliphatic heterocycles. The van der Waals surface area contributed by atoms with Gasteiger partial charge in [-0.1, -0.05) is 36.4 Å². The van der Waals surface area contributed by atoms with Crippen molar-refractivity contribution in [3.8, 4) is 0 Å². The molecule has 0 saturated carbocycles. The van der Waals surface area contributed by atoms with Crippen LogP contribution in [0.4, 0.5) is 4.79 Å². The molecular formula is C20H25N3O3. The molecule has 6 heteroatoms. The number of hydrogen-bond donors (Lipinski definition) is 3. The van der Waals surface area contributed by atoms with Gasteiger partial charge in [0.25, 0.3) is 0 Å². The average molecular weight is 355 g/mol. The van der Waals surface area contributed by atoms with Crippen LogP contribution in [-0.2, 0) is 17.6 Å². The number of nitrogens with zero attached hydrogens (tertiary/aromatic N) is 1. The van der Waals surface area contributed by atoms with E-state index in [9.17, 15) is 9.59 Å². The van der Waals surface area contributed by atoms with E-state index in [1.54, 1.807) is 6.20 Å². The molecular weight excluding hydrogens is 330 g/mol. The minimum absolute atomic E-state index is 0.0189. The number of benzene rings is 1. The first-order valence-corrected chi connectivity index (χ1v) is 8.74. The predicted molar refractivity (Wildman–Crippen MR) is 100 cm³/mol. The molecule has 0 fully saturated rings. The summed E-state index contributed by atoms with van der Waals surface area (Å²) in [4.78, 5) is 27.3. The molecule has 0 radical (unpaired) electrons. The highest BCUT2D eigenvalue weighted by Gasteiger charge is 2.14. The van der Waals surface area contributed by atoms with Crippen molar-refractivity contribution in [2.45, 2.75) is 38.6 Å². The van der Waals surface area contributed by atoms with Crippen LogP contribution in [0.5, 0.6) is 0 Å². The van der Waals surface area contributed by atoms with Crippen LogP contribution in [0.3, 0.4) is 0 Å². The lowest BCUT2D eigenvalue weighted by Crippen LogP contribution is -2.44. The number of rotatable bonds is 9. The summed E-state index contributed by atoms with van der Waals surface area (Å²) < 4.78 is 0. The van der Waals surface area contributed by atoms with Crippen molar-refractivity contribution < 1.29 is 14.7 Å². The number of urea groups is 1. The zero-order chi connectivity index (χ0) is 18.8. The Balaban J connectivity index is 1.82. The molecule has 1 atom stereocenters. The summed E-state index contributed by atoms with van der Waals surface area (Å²) in [5.74, 6) is -0.865. The van der Waals surface area contributed by atoms with E-state index in [0.29, 0.717) is 25.8 Å². The van der Waals surface area contributed by atoms with E-state index >= 15 is 0 Å². The molecule has 0 aliphatic carbocycles. The van der Waals surface area contributed by atoms with Gasteiger partial charge < -0.3 is 15.7 Å². The minimum Gasteiger partial charge on any atom is -0.481 e. The Morgan fingerprint density at radius 2 is 1.92 bits per heavy atom. The van der Waals surface area contributed by atoms with Crippen LogP contribution in [0.2, 0.25) is 0 Å². The van der Waals surface area contributed by atoms with Gasteiger partial charge in [0.15, 0.2) is 0 Å². The minimum atomic E-state index is -0.865. The summed E-state index contributed by atoms with van der Waals surface area (Å²) in [5.41, 5.74) is 3.08. The van der Waals surface area contributed by atoms with Crippen LogP contribution in [0.15, 0.2) is 48.7 Å². The van der Waals surface area contributed by atoms with Crippen molar-refractivity contribution in [2.24, 2.45) is 0 Å². The number of aryl methyl sites for hydroxylation is 1. The van der Waals surface area contributed by atoms with Gasteiger partial charge in [0.05, 0.1) is 0 Å². The van der Waals surface area contributed by atoms with Crippen molar-refractivity contribution in [2.75, 3.05) is 6.54 Å². The summed E-state index contributed by atoms with van der Waals surface area (Å²) in [6.45, 7) is 2.45.